The van der Waals surface area contributed by atoms with Crippen molar-refractivity contribution in [3.8, 4) is 0 Å². The van der Waals surface area contributed by atoms with Crippen LogP contribution in [0.4, 0.5) is 8.78 Å². The van der Waals surface area contributed by atoms with E-state index in [1.807, 2.05) is 6.92 Å². The molecular weight excluding hydrogens is 220 g/mol. The molecule has 0 aliphatic rings. The smallest absolute Gasteiger partial charge is 0.159 e. The highest BCUT2D eigenvalue weighted by atomic mass is 35.5. The number of hydrogen-bond donors (Lipinski definition) is 0. The van der Waals surface area contributed by atoms with Gasteiger partial charge in [0.25, 0.3) is 0 Å². The first-order chi connectivity index (χ1) is 7.17. The first-order valence-electron chi connectivity index (χ1n) is 4.89. The lowest BCUT2D eigenvalue weighted by atomic mass is 10.2. The van der Waals surface area contributed by atoms with Crippen LogP contribution >= 0.6 is 11.6 Å². The molecule has 1 aromatic rings. The maximum absolute atomic E-state index is 12.9. The van der Waals surface area contributed by atoms with Crippen molar-refractivity contribution >= 4 is 11.6 Å². The fourth-order valence-corrected chi connectivity index (χ4v) is 1.60. The van der Waals surface area contributed by atoms with Gasteiger partial charge in [-0.2, -0.15) is 0 Å². The largest absolute Gasteiger partial charge is 0.298 e. The summed E-state index contributed by atoms with van der Waals surface area (Å²) in [6, 6.07) is 3.97. The number of nitrogens with zero attached hydrogens (tertiary/aromatic N) is 1. The predicted octanol–water partition coefficient (Wildman–Crippen LogP) is 3.03. The van der Waals surface area contributed by atoms with Gasteiger partial charge >= 0.3 is 0 Å². The molecule has 0 saturated heterocycles. The van der Waals surface area contributed by atoms with E-state index in [0.717, 1.165) is 24.7 Å². The molecule has 0 spiro atoms. The van der Waals surface area contributed by atoms with Crippen LogP contribution in [0.2, 0.25) is 0 Å². The summed E-state index contributed by atoms with van der Waals surface area (Å²) in [6.45, 7) is 4.19. The Hall–Kier alpha value is -0.670. The van der Waals surface area contributed by atoms with Crippen LogP contribution in [0.15, 0.2) is 18.2 Å². The Morgan fingerprint density at radius 1 is 1.27 bits per heavy atom. The van der Waals surface area contributed by atoms with Gasteiger partial charge in [0.2, 0.25) is 0 Å². The molecule has 1 nitrogen and oxygen atoms in total. The van der Waals surface area contributed by atoms with Crippen molar-refractivity contribution in [2.75, 3.05) is 19.0 Å². The van der Waals surface area contributed by atoms with E-state index in [2.05, 4.69) is 4.90 Å². The monoisotopic (exact) mass is 233 g/mol. The molecule has 0 aliphatic carbocycles. The molecule has 0 atom stereocenters. The molecule has 0 aromatic heterocycles. The molecule has 1 rings (SSSR count). The van der Waals surface area contributed by atoms with Crippen LogP contribution in [0.1, 0.15) is 12.5 Å². The fraction of sp³-hybridized carbons (Fsp3) is 0.455. The number of hydrogen-bond acceptors (Lipinski definition) is 1. The molecule has 0 bridgehead atoms. The highest BCUT2D eigenvalue weighted by molar-refractivity contribution is 6.18. The van der Waals surface area contributed by atoms with Crippen LogP contribution in [-0.2, 0) is 6.54 Å². The van der Waals surface area contributed by atoms with Crippen LogP contribution < -0.4 is 0 Å². The molecule has 0 saturated carbocycles. The van der Waals surface area contributed by atoms with Gasteiger partial charge in [-0.25, -0.2) is 8.78 Å². The van der Waals surface area contributed by atoms with Gasteiger partial charge in [-0.15, -0.1) is 11.6 Å². The Morgan fingerprint density at radius 3 is 2.53 bits per heavy atom. The lowest BCUT2D eigenvalue weighted by Crippen LogP contribution is -2.24. The van der Waals surface area contributed by atoms with Gasteiger partial charge in [0.05, 0.1) is 0 Å². The topological polar surface area (TPSA) is 3.24 Å². The van der Waals surface area contributed by atoms with Crippen LogP contribution in [-0.4, -0.2) is 23.9 Å². The molecule has 0 N–H and O–H groups in total. The van der Waals surface area contributed by atoms with Gasteiger partial charge in [0, 0.05) is 19.0 Å². The van der Waals surface area contributed by atoms with Crippen molar-refractivity contribution in [2.24, 2.45) is 0 Å². The Labute approximate surface area is 93.7 Å². The Balaban J connectivity index is 2.66. The van der Waals surface area contributed by atoms with E-state index in [9.17, 15) is 8.78 Å². The number of rotatable bonds is 5. The lowest BCUT2D eigenvalue weighted by Gasteiger charge is -2.18. The van der Waals surface area contributed by atoms with Crippen molar-refractivity contribution < 1.29 is 8.78 Å². The van der Waals surface area contributed by atoms with Crippen molar-refractivity contribution in [2.45, 2.75) is 13.5 Å². The average Bonchev–Trinajstić information content (AvgIpc) is 2.23. The summed E-state index contributed by atoms with van der Waals surface area (Å²) >= 11 is 5.62. The molecule has 0 heterocycles. The van der Waals surface area contributed by atoms with Gasteiger partial charge in [0.15, 0.2) is 11.6 Å². The third-order valence-electron chi connectivity index (χ3n) is 2.24. The number of alkyl halides is 1. The second kappa shape index (κ2) is 6.03. The zero-order valence-electron chi connectivity index (χ0n) is 8.64. The summed E-state index contributed by atoms with van der Waals surface area (Å²) in [4.78, 5) is 2.07. The van der Waals surface area contributed by atoms with Gasteiger partial charge in [-0.1, -0.05) is 13.0 Å². The predicted molar refractivity (Wildman–Crippen MR) is 58.0 cm³/mol. The highest BCUT2D eigenvalue weighted by Gasteiger charge is 2.06. The summed E-state index contributed by atoms with van der Waals surface area (Å²) in [5.41, 5.74) is 0.765. The first-order valence-corrected chi connectivity index (χ1v) is 5.43. The SMILES string of the molecule is CCN(CCCl)Cc1ccc(F)c(F)c1. The minimum atomic E-state index is -0.806. The van der Waals surface area contributed by atoms with Crippen LogP contribution in [0.25, 0.3) is 0 Å². The summed E-state index contributed by atoms with van der Waals surface area (Å²) in [7, 11) is 0. The fourth-order valence-electron chi connectivity index (χ4n) is 1.36. The maximum atomic E-state index is 12.9. The Bertz CT molecular complexity index is 317. The van der Waals surface area contributed by atoms with E-state index in [1.165, 1.54) is 6.07 Å². The van der Waals surface area contributed by atoms with E-state index >= 15 is 0 Å². The normalized spacial score (nSPS) is 11.0. The standard InChI is InChI=1S/C11H14ClF2N/c1-2-15(6-5-12)8-9-3-4-10(13)11(14)7-9/h3-4,7H,2,5-6,8H2,1H3. The molecule has 15 heavy (non-hydrogen) atoms. The lowest BCUT2D eigenvalue weighted by molar-refractivity contribution is 0.297. The quantitative estimate of drug-likeness (QED) is 0.707. The third kappa shape index (κ3) is 3.76. The van der Waals surface area contributed by atoms with Crippen LogP contribution in [0.3, 0.4) is 0 Å². The number of benzene rings is 1. The van der Waals surface area contributed by atoms with Crippen molar-refractivity contribution in [3.05, 3.63) is 35.4 Å². The van der Waals surface area contributed by atoms with Crippen molar-refractivity contribution in [3.63, 3.8) is 0 Å². The summed E-state index contributed by atoms with van der Waals surface area (Å²) in [5.74, 6) is -1.06. The summed E-state index contributed by atoms with van der Waals surface area (Å²) in [5, 5.41) is 0. The minimum absolute atomic E-state index is 0.539. The van der Waals surface area contributed by atoms with Crippen molar-refractivity contribution in [1.82, 2.24) is 4.90 Å². The molecule has 1 aromatic carbocycles. The van der Waals surface area contributed by atoms with E-state index in [4.69, 9.17) is 11.6 Å². The van der Waals surface area contributed by atoms with E-state index in [1.54, 1.807) is 6.07 Å². The van der Waals surface area contributed by atoms with Gasteiger partial charge < -0.3 is 0 Å². The summed E-state index contributed by atoms with van der Waals surface area (Å²) in [6.07, 6.45) is 0. The van der Waals surface area contributed by atoms with Crippen molar-refractivity contribution in [1.29, 1.82) is 0 Å². The zero-order chi connectivity index (χ0) is 11.3. The highest BCUT2D eigenvalue weighted by Crippen LogP contribution is 2.10. The molecule has 0 fully saturated rings. The molecule has 4 heteroatoms. The summed E-state index contributed by atoms with van der Waals surface area (Å²) < 4.78 is 25.6. The molecule has 0 radical (unpaired) electrons. The zero-order valence-corrected chi connectivity index (χ0v) is 9.40. The average molecular weight is 234 g/mol. The Kier molecular flexibility index (Phi) is 4.99. The van der Waals surface area contributed by atoms with Gasteiger partial charge in [-0.3, -0.25) is 4.90 Å². The second-order valence-corrected chi connectivity index (χ2v) is 3.68. The third-order valence-corrected chi connectivity index (χ3v) is 2.41. The number of halogens is 3. The van der Waals surface area contributed by atoms with E-state index in [-0.39, 0.29) is 0 Å². The molecular formula is C11H14ClF2N. The first kappa shape index (κ1) is 12.4. The molecule has 0 amide bonds. The van der Waals surface area contributed by atoms with E-state index in [0.29, 0.717) is 12.4 Å². The second-order valence-electron chi connectivity index (χ2n) is 3.31. The minimum Gasteiger partial charge on any atom is -0.298 e. The van der Waals surface area contributed by atoms with Crippen LogP contribution in [0.5, 0.6) is 0 Å². The van der Waals surface area contributed by atoms with E-state index < -0.39 is 11.6 Å². The van der Waals surface area contributed by atoms with Crippen LogP contribution in [0, 0.1) is 11.6 Å². The Morgan fingerprint density at radius 2 is 2.00 bits per heavy atom. The molecule has 0 aliphatic heterocycles. The maximum Gasteiger partial charge on any atom is 0.159 e. The molecule has 0 unspecified atom stereocenters. The van der Waals surface area contributed by atoms with Gasteiger partial charge in [0.1, 0.15) is 0 Å². The van der Waals surface area contributed by atoms with Gasteiger partial charge in [-0.05, 0) is 24.2 Å². The molecule has 84 valence electrons.